The van der Waals surface area contributed by atoms with Crippen LogP contribution in [-0.2, 0) is 17.8 Å². The molecule has 22 heavy (non-hydrogen) atoms. The number of aryl methyl sites for hydroxylation is 1. The number of benzene rings is 1. The topological polar surface area (TPSA) is 59.8 Å². The number of nitrogens with one attached hydrogen (secondary N) is 1. The molecule has 0 spiro atoms. The van der Waals surface area contributed by atoms with Crippen LogP contribution in [0, 0.1) is 3.57 Å². The minimum Gasteiger partial charge on any atom is -0.325 e. The second-order valence-corrected chi connectivity index (χ2v) is 7.40. The van der Waals surface area contributed by atoms with E-state index in [9.17, 15) is 4.79 Å². The second kappa shape index (κ2) is 7.45. The summed E-state index contributed by atoms with van der Waals surface area (Å²) in [5.41, 5.74) is 0.831. The molecule has 0 saturated heterocycles. The molecule has 7 heteroatoms. The van der Waals surface area contributed by atoms with E-state index >= 15 is 0 Å². The van der Waals surface area contributed by atoms with Crippen LogP contribution in [0.3, 0.4) is 0 Å². The molecule has 3 rings (SSSR count). The van der Waals surface area contributed by atoms with E-state index in [4.69, 9.17) is 0 Å². The first-order chi connectivity index (χ1) is 10.7. The normalized spacial score (nSPS) is 14.2. The zero-order valence-corrected chi connectivity index (χ0v) is 15.1. The molecule has 2 aromatic rings. The molecule has 0 radical (unpaired) electrons. The average molecular weight is 428 g/mol. The number of amides is 1. The van der Waals surface area contributed by atoms with Gasteiger partial charge in [0.1, 0.15) is 5.82 Å². The van der Waals surface area contributed by atoms with Gasteiger partial charge in [0, 0.05) is 22.2 Å². The van der Waals surface area contributed by atoms with E-state index in [1.54, 1.807) is 0 Å². The molecule has 0 aliphatic carbocycles. The summed E-state index contributed by atoms with van der Waals surface area (Å²) in [6, 6.07) is 7.78. The minimum absolute atomic E-state index is 0.0158. The van der Waals surface area contributed by atoms with Crippen LogP contribution in [0.25, 0.3) is 0 Å². The minimum atomic E-state index is -0.0158. The van der Waals surface area contributed by atoms with Crippen molar-refractivity contribution in [3.63, 3.8) is 0 Å². The third-order valence-corrected chi connectivity index (χ3v) is 5.15. The average Bonchev–Trinajstić information content (AvgIpc) is 2.72. The Balaban J connectivity index is 1.58. The van der Waals surface area contributed by atoms with Gasteiger partial charge in [0.05, 0.1) is 5.75 Å². The molecule has 1 aromatic carbocycles. The number of carbonyl (C=O) groups excluding carboxylic acids is 1. The monoisotopic (exact) mass is 428 g/mol. The summed E-state index contributed by atoms with van der Waals surface area (Å²) >= 11 is 3.69. The predicted octanol–water partition coefficient (Wildman–Crippen LogP) is 3.34. The van der Waals surface area contributed by atoms with E-state index in [2.05, 4.69) is 42.7 Å². The van der Waals surface area contributed by atoms with Gasteiger partial charge in [0.15, 0.2) is 5.16 Å². The van der Waals surface area contributed by atoms with Gasteiger partial charge in [-0.2, -0.15) is 0 Å². The number of fused-ring (bicyclic) bond motifs is 1. The third kappa shape index (κ3) is 4.01. The molecule has 1 aliphatic rings. The number of nitrogens with zero attached hydrogens (tertiary/aromatic N) is 3. The molecule has 0 fully saturated rings. The maximum atomic E-state index is 12.1. The zero-order chi connectivity index (χ0) is 15.4. The van der Waals surface area contributed by atoms with Gasteiger partial charge in [-0.15, -0.1) is 10.2 Å². The maximum Gasteiger partial charge on any atom is 0.234 e. The highest BCUT2D eigenvalue weighted by molar-refractivity contribution is 14.1. The van der Waals surface area contributed by atoms with Crippen molar-refractivity contribution in [3.8, 4) is 0 Å². The van der Waals surface area contributed by atoms with Gasteiger partial charge >= 0.3 is 0 Å². The van der Waals surface area contributed by atoms with Crippen LogP contribution in [0.4, 0.5) is 5.69 Å². The van der Waals surface area contributed by atoms with Crippen LogP contribution in [0.2, 0.25) is 0 Å². The first-order valence-electron chi connectivity index (χ1n) is 7.33. The lowest BCUT2D eigenvalue weighted by atomic mass is 10.2. The van der Waals surface area contributed by atoms with E-state index in [0.29, 0.717) is 5.75 Å². The molecule has 0 atom stereocenters. The zero-order valence-electron chi connectivity index (χ0n) is 12.1. The van der Waals surface area contributed by atoms with Crippen molar-refractivity contribution < 1.29 is 4.79 Å². The van der Waals surface area contributed by atoms with E-state index < -0.39 is 0 Å². The van der Waals surface area contributed by atoms with Crippen molar-refractivity contribution in [1.82, 2.24) is 14.8 Å². The summed E-state index contributed by atoms with van der Waals surface area (Å²) in [5, 5.41) is 12.2. The Morgan fingerprint density at radius 3 is 3.09 bits per heavy atom. The maximum absolute atomic E-state index is 12.1. The molecule has 1 N–H and O–H groups in total. The Bertz CT molecular complexity index is 673. The van der Waals surface area contributed by atoms with Crippen LogP contribution in [0.5, 0.6) is 0 Å². The fourth-order valence-electron chi connectivity index (χ4n) is 2.46. The standard InChI is InChI=1S/C15H17IN4OS/c16-11-5-4-6-12(9-11)17-14(21)10-22-15-19-18-13-7-2-1-3-8-20(13)15/h4-6,9H,1-3,7-8,10H2,(H,17,21). The predicted molar refractivity (Wildman–Crippen MR) is 96.1 cm³/mol. The van der Waals surface area contributed by atoms with Gasteiger partial charge in [0.25, 0.3) is 0 Å². The van der Waals surface area contributed by atoms with E-state index in [1.807, 2.05) is 24.3 Å². The number of carbonyl (C=O) groups is 1. The van der Waals surface area contributed by atoms with E-state index in [-0.39, 0.29) is 5.91 Å². The van der Waals surface area contributed by atoms with Gasteiger partial charge < -0.3 is 9.88 Å². The Morgan fingerprint density at radius 1 is 1.32 bits per heavy atom. The van der Waals surface area contributed by atoms with Crippen LogP contribution in [0.1, 0.15) is 25.1 Å². The molecule has 0 unspecified atom stereocenters. The highest BCUT2D eigenvalue weighted by atomic mass is 127. The molecule has 1 amide bonds. The van der Waals surface area contributed by atoms with Gasteiger partial charge in [-0.1, -0.05) is 24.2 Å². The summed E-state index contributed by atoms with van der Waals surface area (Å²) in [6.45, 7) is 0.961. The Hall–Kier alpha value is -1.09. The summed E-state index contributed by atoms with van der Waals surface area (Å²) in [4.78, 5) is 12.1. The largest absolute Gasteiger partial charge is 0.325 e. The number of halogens is 1. The van der Waals surface area contributed by atoms with Crippen LogP contribution in [0.15, 0.2) is 29.4 Å². The number of rotatable bonds is 4. The quantitative estimate of drug-likeness (QED) is 0.600. The SMILES string of the molecule is O=C(CSc1nnc2n1CCCCC2)Nc1cccc(I)c1. The molecular formula is C15H17IN4OS. The van der Waals surface area contributed by atoms with Crippen molar-refractivity contribution in [3.05, 3.63) is 33.7 Å². The second-order valence-electron chi connectivity index (χ2n) is 5.21. The summed E-state index contributed by atoms with van der Waals surface area (Å²) in [5.74, 6) is 1.39. The highest BCUT2D eigenvalue weighted by Crippen LogP contribution is 2.22. The van der Waals surface area contributed by atoms with Gasteiger partial charge in [-0.3, -0.25) is 4.79 Å². The highest BCUT2D eigenvalue weighted by Gasteiger charge is 2.16. The Labute approximate surface area is 147 Å². The summed E-state index contributed by atoms with van der Waals surface area (Å²) in [6.07, 6.45) is 4.56. The lowest BCUT2D eigenvalue weighted by molar-refractivity contribution is -0.113. The third-order valence-electron chi connectivity index (χ3n) is 3.52. The van der Waals surface area contributed by atoms with Gasteiger partial charge in [-0.25, -0.2) is 0 Å². The molecule has 2 heterocycles. The molecule has 0 bridgehead atoms. The number of anilines is 1. The van der Waals surface area contributed by atoms with Crippen molar-refractivity contribution in [2.75, 3.05) is 11.1 Å². The van der Waals surface area contributed by atoms with E-state index in [1.165, 1.54) is 24.6 Å². The molecule has 1 aromatic heterocycles. The Morgan fingerprint density at radius 2 is 2.23 bits per heavy atom. The number of thioether (sulfide) groups is 1. The number of aromatic nitrogens is 3. The molecule has 116 valence electrons. The molecule has 5 nitrogen and oxygen atoms in total. The summed E-state index contributed by atoms with van der Waals surface area (Å²) in [7, 11) is 0. The van der Waals surface area contributed by atoms with Crippen LogP contribution >= 0.6 is 34.4 Å². The molecular weight excluding hydrogens is 411 g/mol. The lowest BCUT2D eigenvalue weighted by Gasteiger charge is -2.07. The van der Waals surface area contributed by atoms with Crippen molar-refractivity contribution in [2.24, 2.45) is 0 Å². The van der Waals surface area contributed by atoms with E-state index in [0.717, 1.165) is 39.6 Å². The first kappa shape index (κ1) is 15.8. The molecule has 1 aliphatic heterocycles. The number of hydrogen-bond donors (Lipinski definition) is 1. The fraction of sp³-hybridized carbons (Fsp3) is 0.400. The fourth-order valence-corrected chi connectivity index (χ4v) is 3.79. The first-order valence-corrected chi connectivity index (χ1v) is 9.39. The van der Waals surface area contributed by atoms with Crippen LogP contribution in [-0.4, -0.2) is 26.4 Å². The van der Waals surface area contributed by atoms with Gasteiger partial charge in [-0.05, 0) is 53.6 Å². The van der Waals surface area contributed by atoms with Crippen LogP contribution < -0.4 is 5.32 Å². The number of hydrogen-bond acceptors (Lipinski definition) is 4. The summed E-state index contributed by atoms with van der Waals surface area (Å²) < 4.78 is 3.27. The van der Waals surface area contributed by atoms with Crippen molar-refractivity contribution in [1.29, 1.82) is 0 Å². The molecule has 0 saturated carbocycles. The smallest absolute Gasteiger partial charge is 0.234 e. The Kier molecular flexibility index (Phi) is 5.35. The lowest BCUT2D eigenvalue weighted by Crippen LogP contribution is -2.14. The van der Waals surface area contributed by atoms with Crippen molar-refractivity contribution in [2.45, 2.75) is 37.4 Å². The van der Waals surface area contributed by atoms with Crippen molar-refractivity contribution >= 4 is 45.9 Å². The van der Waals surface area contributed by atoms with Gasteiger partial charge in [0.2, 0.25) is 5.91 Å².